The highest BCUT2D eigenvalue weighted by molar-refractivity contribution is 5.97. The van der Waals surface area contributed by atoms with Crippen molar-refractivity contribution in [1.29, 1.82) is 0 Å². The normalized spacial score (nSPS) is 10.9. The van der Waals surface area contributed by atoms with Gasteiger partial charge in [0.05, 0.1) is 11.9 Å². The maximum absolute atomic E-state index is 12.0. The third kappa shape index (κ3) is 3.66. The number of benzene rings is 1. The van der Waals surface area contributed by atoms with Crippen molar-refractivity contribution in [3.63, 3.8) is 0 Å². The average Bonchev–Trinajstić information content (AvgIpc) is 2.36. The molecule has 2 rings (SSSR count). The third-order valence-corrected chi connectivity index (χ3v) is 2.60. The van der Waals surface area contributed by atoms with Crippen LogP contribution in [0.3, 0.4) is 0 Å². The molecule has 1 heterocycles. The lowest BCUT2D eigenvalue weighted by atomic mass is 9.97. The summed E-state index contributed by atoms with van der Waals surface area (Å²) in [5.74, 6) is 5.97. The summed E-state index contributed by atoms with van der Waals surface area (Å²) in [6.07, 6.45) is 0.225. The Kier molecular flexibility index (Phi) is 3.66. The van der Waals surface area contributed by atoms with E-state index in [0.717, 1.165) is 10.9 Å². The monoisotopic (exact) mass is 251 g/mol. The Bertz CT molecular complexity index is 669. The Hall–Kier alpha value is -2.14. The number of hydrogen-bond acceptors (Lipinski definition) is 2. The molecule has 0 radical (unpaired) electrons. The Morgan fingerprint density at radius 2 is 1.89 bits per heavy atom. The number of pyridine rings is 1. The van der Waals surface area contributed by atoms with Crippen LogP contribution in [0.4, 0.5) is 0 Å². The first-order valence-corrected chi connectivity index (χ1v) is 6.35. The van der Waals surface area contributed by atoms with Crippen LogP contribution >= 0.6 is 0 Å². The molecule has 0 spiro atoms. The molecule has 2 nitrogen and oxygen atoms in total. The predicted molar refractivity (Wildman–Crippen MR) is 77.9 cm³/mol. The van der Waals surface area contributed by atoms with E-state index in [4.69, 9.17) is 0 Å². The summed E-state index contributed by atoms with van der Waals surface area (Å²) in [6, 6.07) is 11.5. The number of nitrogens with zero attached hydrogens (tertiary/aromatic N) is 1. The van der Waals surface area contributed by atoms with Crippen LogP contribution in [0.5, 0.6) is 0 Å². The number of rotatable bonds is 2. The number of carbonyl (C=O) groups excluding carboxylic acids is 1. The molecule has 0 aliphatic rings. The maximum atomic E-state index is 12.0. The van der Waals surface area contributed by atoms with Gasteiger partial charge in [-0.15, -0.1) is 0 Å². The fourth-order valence-electron chi connectivity index (χ4n) is 1.70. The van der Waals surface area contributed by atoms with Gasteiger partial charge in [-0.2, -0.15) is 0 Å². The van der Waals surface area contributed by atoms with Gasteiger partial charge in [-0.1, -0.05) is 36.1 Å². The molecule has 1 aromatic heterocycles. The topological polar surface area (TPSA) is 30.0 Å². The number of para-hydroxylation sites is 1. The van der Waals surface area contributed by atoms with Gasteiger partial charge in [0.25, 0.3) is 0 Å². The summed E-state index contributed by atoms with van der Waals surface area (Å²) in [4.78, 5) is 16.4. The van der Waals surface area contributed by atoms with Gasteiger partial charge in [0.15, 0.2) is 5.78 Å². The second-order valence-corrected chi connectivity index (χ2v) is 5.54. The lowest BCUT2D eigenvalue weighted by molar-refractivity contribution is 0.0994. The zero-order valence-electron chi connectivity index (χ0n) is 11.5. The highest BCUT2D eigenvalue weighted by Gasteiger charge is 2.08. The van der Waals surface area contributed by atoms with Crippen LogP contribution in [-0.2, 0) is 0 Å². The largest absolute Gasteiger partial charge is 0.291 e. The van der Waals surface area contributed by atoms with Crippen molar-refractivity contribution in [2.24, 2.45) is 5.41 Å². The molecule has 0 saturated heterocycles. The molecule has 96 valence electrons. The van der Waals surface area contributed by atoms with E-state index >= 15 is 0 Å². The minimum atomic E-state index is -0.0723. The lowest BCUT2D eigenvalue weighted by Crippen LogP contribution is -2.03. The van der Waals surface area contributed by atoms with Gasteiger partial charge in [-0.25, -0.2) is 4.98 Å². The molecule has 19 heavy (non-hydrogen) atoms. The second kappa shape index (κ2) is 5.24. The molecule has 0 bridgehead atoms. The first kappa shape index (κ1) is 13.3. The van der Waals surface area contributed by atoms with Gasteiger partial charge < -0.3 is 0 Å². The predicted octanol–water partition coefficient (Wildman–Crippen LogP) is 3.86. The van der Waals surface area contributed by atoms with E-state index in [2.05, 4.69) is 16.8 Å². The maximum Gasteiger partial charge on any atom is 0.193 e. The number of aromatic nitrogens is 1. The third-order valence-electron chi connectivity index (χ3n) is 2.60. The van der Waals surface area contributed by atoms with Gasteiger partial charge >= 0.3 is 0 Å². The molecule has 0 aliphatic carbocycles. The molecule has 0 unspecified atom stereocenters. The van der Waals surface area contributed by atoms with Gasteiger partial charge in [-0.3, -0.25) is 4.79 Å². The molecular formula is C17H17NO. The van der Waals surface area contributed by atoms with Crippen molar-refractivity contribution >= 4 is 16.7 Å². The summed E-state index contributed by atoms with van der Waals surface area (Å²) in [6.45, 7) is 6.08. The number of ketones is 1. The summed E-state index contributed by atoms with van der Waals surface area (Å²) in [5, 5.41) is 1.04. The van der Waals surface area contributed by atoms with E-state index in [1.54, 1.807) is 6.07 Å². The van der Waals surface area contributed by atoms with Crippen molar-refractivity contribution in [2.75, 3.05) is 0 Å². The number of hydrogen-bond donors (Lipinski definition) is 0. The van der Waals surface area contributed by atoms with E-state index in [9.17, 15) is 4.79 Å². The number of fused-ring (bicyclic) bond motifs is 1. The van der Waals surface area contributed by atoms with E-state index in [1.807, 2.05) is 51.1 Å². The van der Waals surface area contributed by atoms with Crippen molar-refractivity contribution < 1.29 is 4.79 Å². The zero-order valence-corrected chi connectivity index (χ0v) is 11.5. The smallest absolute Gasteiger partial charge is 0.193 e. The fraction of sp³-hybridized carbons (Fsp3) is 0.294. The van der Waals surface area contributed by atoms with Crippen LogP contribution in [0, 0.1) is 17.3 Å². The standard InChI is InChI=1S/C17H17NO/c1-17(2,3)12-6-9-16(19)15-11-10-13-7-4-5-8-14(13)18-15/h4-5,7-8,10-11H,9H2,1-3H3. The van der Waals surface area contributed by atoms with Crippen LogP contribution in [0.15, 0.2) is 36.4 Å². The minimum Gasteiger partial charge on any atom is -0.291 e. The van der Waals surface area contributed by atoms with Crippen LogP contribution in [0.1, 0.15) is 37.7 Å². The van der Waals surface area contributed by atoms with Crippen LogP contribution in [0.25, 0.3) is 10.9 Å². The molecule has 0 amide bonds. The second-order valence-electron chi connectivity index (χ2n) is 5.54. The lowest BCUT2D eigenvalue weighted by Gasteiger charge is -2.06. The van der Waals surface area contributed by atoms with Crippen LogP contribution < -0.4 is 0 Å². The summed E-state index contributed by atoms with van der Waals surface area (Å²) >= 11 is 0. The van der Waals surface area contributed by atoms with E-state index < -0.39 is 0 Å². The van der Waals surface area contributed by atoms with Crippen molar-refractivity contribution in [1.82, 2.24) is 4.98 Å². The molecule has 0 aliphatic heterocycles. The molecule has 2 heteroatoms. The van der Waals surface area contributed by atoms with E-state index in [-0.39, 0.29) is 17.6 Å². The molecule has 2 aromatic rings. The SMILES string of the molecule is CC(C)(C)C#CCC(=O)c1ccc2ccccc2n1. The fourth-order valence-corrected chi connectivity index (χ4v) is 1.70. The van der Waals surface area contributed by atoms with Crippen molar-refractivity contribution in [3.8, 4) is 11.8 Å². The highest BCUT2D eigenvalue weighted by Crippen LogP contribution is 2.13. The van der Waals surface area contributed by atoms with Crippen molar-refractivity contribution in [2.45, 2.75) is 27.2 Å². The van der Waals surface area contributed by atoms with E-state index in [0.29, 0.717) is 5.69 Å². The van der Waals surface area contributed by atoms with Crippen molar-refractivity contribution in [3.05, 3.63) is 42.1 Å². The summed E-state index contributed by atoms with van der Waals surface area (Å²) in [7, 11) is 0. The van der Waals surface area contributed by atoms with Crippen LogP contribution in [0.2, 0.25) is 0 Å². The van der Waals surface area contributed by atoms with Gasteiger partial charge in [0.2, 0.25) is 0 Å². The average molecular weight is 251 g/mol. The first-order valence-electron chi connectivity index (χ1n) is 6.35. The quantitative estimate of drug-likeness (QED) is 0.599. The zero-order chi connectivity index (χ0) is 13.9. The van der Waals surface area contributed by atoms with Gasteiger partial charge in [-0.05, 0) is 32.9 Å². The first-order chi connectivity index (χ1) is 8.96. The van der Waals surface area contributed by atoms with Crippen LogP contribution in [-0.4, -0.2) is 10.8 Å². The molecule has 0 saturated carbocycles. The molecule has 0 atom stereocenters. The van der Waals surface area contributed by atoms with E-state index in [1.165, 1.54) is 0 Å². The van der Waals surface area contributed by atoms with Gasteiger partial charge in [0, 0.05) is 10.8 Å². The number of Topliss-reactive ketones (excluding diaryl/α,β-unsaturated/α-hetero) is 1. The molecule has 0 fully saturated rings. The number of carbonyl (C=O) groups is 1. The Morgan fingerprint density at radius 1 is 1.16 bits per heavy atom. The molecular weight excluding hydrogens is 234 g/mol. The molecule has 0 N–H and O–H groups in total. The summed E-state index contributed by atoms with van der Waals surface area (Å²) < 4.78 is 0. The molecule has 1 aromatic carbocycles. The highest BCUT2D eigenvalue weighted by atomic mass is 16.1. The van der Waals surface area contributed by atoms with Gasteiger partial charge in [0.1, 0.15) is 5.69 Å². The Balaban J connectivity index is 2.19. The summed E-state index contributed by atoms with van der Waals surface area (Å²) in [5.41, 5.74) is 1.26. The minimum absolute atomic E-state index is 0.0255. The Labute approximate surface area is 113 Å². The Morgan fingerprint density at radius 3 is 2.63 bits per heavy atom.